The summed E-state index contributed by atoms with van der Waals surface area (Å²) in [5.74, 6) is 0. The lowest BCUT2D eigenvalue weighted by Gasteiger charge is -1.86. The average molecular weight is 238 g/mol. The number of allylic oxidation sites excluding steroid dienone is 2. The fourth-order valence-corrected chi connectivity index (χ4v) is 1.04. The molecule has 0 amide bonds. The van der Waals surface area contributed by atoms with Crippen LogP contribution in [-0.2, 0) is 0 Å². The fraction of sp³-hybridized carbons (Fsp3) is 0.750. The maximum absolute atomic E-state index is 2.41. The third kappa shape index (κ3) is 8.47. The Hall–Kier alpha value is 0.470. The van der Waals surface area contributed by atoms with Crippen molar-refractivity contribution in [2.45, 2.75) is 32.6 Å². The molecular weight excluding hydrogens is 223 g/mol. The maximum Gasteiger partial charge on any atom is -0.000178 e. The van der Waals surface area contributed by atoms with E-state index in [1.807, 2.05) is 0 Å². The molecule has 0 aliphatic heterocycles. The van der Waals surface area contributed by atoms with Gasteiger partial charge in [0.15, 0.2) is 0 Å². The standard InChI is InChI=1S/C8H15I/c1-2-3-4-5-6-7-8-9/h4-5H,2-3,6-8H2,1H3/b5-4-. The number of rotatable bonds is 5. The summed E-state index contributed by atoms with van der Waals surface area (Å²) in [4.78, 5) is 0. The predicted molar refractivity (Wildman–Crippen MR) is 52.2 cm³/mol. The number of unbranched alkanes of at least 4 members (excludes halogenated alkanes) is 2. The normalized spacial score (nSPS) is 10.9. The molecule has 0 rings (SSSR count). The van der Waals surface area contributed by atoms with Gasteiger partial charge in [-0.1, -0.05) is 48.1 Å². The zero-order chi connectivity index (χ0) is 6.95. The largest absolute Gasteiger partial charge is 0.0885 e. The van der Waals surface area contributed by atoms with E-state index in [0.717, 1.165) is 0 Å². The highest BCUT2D eigenvalue weighted by Gasteiger charge is 1.77. The van der Waals surface area contributed by atoms with Crippen molar-refractivity contribution >= 4 is 22.6 Å². The van der Waals surface area contributed by atoms with Crippen molar-refractivity contribution in [1.29, 1.82) is 0 Å². The highest BCUT2D eigenvalue weighted by molar-refractivity contribution is 14.1. The zero-order valence-corrected chi connectivity index (χ0v) is 8.23. The van der Waals surface area contributed by atoms with Crippen LogP contribution in [0.2, 0.25) is 0 Å². The van der Waals surface area contributed by atoms with Gasteiger partial charge in [-0.3, -0.25) is 0 Å². The highest BCUT2D eigenvalue weighted by Crippen LogP contribution is 1.97. The lowest BCUT2D eigenvalue weighted by atomic mass is 10.2. The van der Waals surface area contributed by atoms with Crippen LogP contribution in [0.15, 0.2) is 12.2 Å². The van der Waals surface area contributed by atoms with Gasteiger partial charge >= 0.3 is 0 Å². The monoisotopic (exact) mass is 238 g/mol. The molecule has 0 aliphatic carbocycles. The van der Waals surface area contributed by atoms with Gasteiger partial charge in [-0.15, -0.1) is 0 Å². The molecule has 0 saturated carbocycles. The summed E-state index contributed by atoms with van der Waals surface area (Å²) < 4.78 is 1.29. The van der Waals surface area contributed by atoms with Crippen LogP contribution in [0.5, 0.6) is 0 Å². The van der Waals surface area contributed by atoms with Gasteiger partial charge in [-0.25, -0.2) is 0 Å². The maximum atomic E-state index is 2.41. The second-order valence-corrected chi connectivity index (χ2v) is 3.17. The Labute approximate surface area is 71.9 Å². The van der Waals surface area contributed by atoms with E-state index in [1.165, 1.54) is 30.1 Å². The molecule has 0 aromatic heterocycles. The van der Waals surface area contributed by atoms with Crippen molar-refractivity contribution in [1.82, 2.24) is 0 Å². The summed E-state index contributed by atoms with van der Waals surface area (Å²) in [5.41, 5.74) is 0. The molecule has 0 N–H and O–H groups in total. The summed E-state index contributed by atoms with van der Waals surface area (Å²) in [7, 11) is 0. The van der Waals surface area contributed by atoms with Crippen LogP contribution < -0.4 is 0 Å². The summed E-state index contributed by atoms with van der Waals surface area (Å²) >= 11 is 2.41. The topological polar surface area (TPSA) is 0 Å². The van der Waals surface area contributed by atoms with Crippen molar-refractivity contribution in [3.05, 3.63) is 12.2 Å². The van der Waals surface area contributed by atoms with E-state index < -0.39 is 0 Å². The Bertz CT molecular complexity index is 67.0. The predicted octanol–water partition coefficient (Wildman–Crippen LogP) is 3.56. The van der Waals surface area contributed by atoms with E-state index in [1.54, 1.807) is 0 Å². The second kappa shape index (κ2) is 8.47. The minimum Gasteiger partial charge on any atom is -0.0885 e. The van der Waals surface area contributed by atoms with Gasteiger partial charge in [0.05, 0.1) is 0 Å². The van der Waals surface area contributed by atoms with Crippen molar-refractivity contribution in [3.8, 4) is 0 Å². The summed E-state index contributed by atoms with van der Waals surface area (Å²) in [6.45, 7) is 2.21. The summed E-state index contributed by atoms with van der Waals surface area (Å²) in [6.07, 6.45) is 9.71. The molecule has 0 aliphatic rings. The lowest BCUT2D eigenvalue weighted by Crippen LogP contribution is -1.69. The van der Waals surface area contributed by atoms with Gasteiger partial charge in [0.1, 0.15) is 0 Å². The number of hydrogen-bond donors (Lipinski definition) is 0. The van der Waals surface area contributed by atoms with Gasteiger partial charge in [0.25, 0.3) is 0 Å². The third-order valence-corrected chi connectivity index (χ3v) is 1.89. The van der Waals surface area contributed by atoms with Crippen LogP contribution in [0, 0.1) is 0 Å². The van der Waals surface area contributed by atoms with Gasteiger partial charge < -0.3 is 0 Å². The van der Waals surface area contributed by atoms with Crippen molar-refractivity contribution in [2.24, 2.45) is 0 Å². The van der Waals surface area contributed by atoms with Crippen molar-refractivity contribution < 1.29 is 0 Å². The average Bonchev–Trinajstić information content (AvgIpc) is 1.89. The van der Waals surface area contributed by atoms with Gasteiger partial charge in [0.2, 0.25) is 0 Å². The first kappa shape index (κ1) is 9.47. The van der Waals surface area contributed by atoms with Crippen LogP contribution >= 0.6 is 22.6 Å². The molecule has 0 heterocycles. The molecule has 0 aromatic rings. The Balaban J connectivity index is 2.86. The van der Waals surface area contributed by atoms with Crippen LogP contribution in [0.4, 0.5) is 0 Å². The van der Waals surface area contributed by atoms with Crippen molar-refractivity contribution in [2.75, 3.05) is 4.43 Å². The van der Waals surface area contributed by atoms with Gasteiger partial charge in [0, 0.05) is 0 Å². The molecule has 1 heteroatoms. The first-order chi connectivity index (χ1) is 4.41. The SMILES string of the molecule is CCC/C=C\CCCI. The molecule has 0 spiro atoms. The number of hydrogen-bond acceptors (Lipinski definition) is 0. The quantitative estimate of drug-likeness (QED) is 0.297. The summed E-state index contributed by atoms with van der Waals surface area (Å²) in [6, 6.07) is 0. The molecular formula is C8H15I. The third-order valence-electron chi connectivity index (χ3n) is 1.13. The Morgan fingerprint density at radius 3 is 2.44 bits per heavy atom. The Morgan fingerprint density at radius 2 is 1.89 bits per heavy atom. The van der Waals surface area contributed by atoms with E-state index in [0.29, 0.717) is 0 Å². The van der Waals surface area contributed by atoms with Gasteiger partial charge in [-0.05, 0) is 23.7 Å². The molecule has 0 atom stereocenters. The minimum absolute atomic E-state index is 1.25. The van der Waals surface area contributed by atoms with E-state index >= 15 is 0 Å². The molecule has 0 bridgehead atoms. The zero-order valence-electron chi connectivity index (χ0n) is 6.07. The van der Waals surface area contributed by atoms with E-state index in [4.69, 9.17) is 0 Å². The second-order valence-electron chi connectivity index (χ2n) is 2.09. The van der Waals surface area contributed by atoms with Crippen molar-refractivity contribution in [3.63, 3.8) is 0 Å². The van der Waals surface area contributed by atoms with E-state index in [-0.39, 0.29) is 0 Å². The Morgan fingerprint density at radius 1 is 1.22 bits per heavy atom. The molecule has 0 nitrogen and oxygen atoms in total. The molecule has 0 fully saturated rings. The van der Waals surface area contributed by atoms with Crippen LogP contribution in [0.25, 0.3) is 0 Å². The number of halogens is 1. The van der Waals surface area contributed by atoms with Crippen LogP contribution in [-0.4, -0.2) is 4.43 Å². The summed E-state index contributed by atoms with van der Waals surface area (Å²) in [5, 5.41) is 0. The molecule has 0 radical (unpaired) electrons. The fourth-order valence-electron chi connectivity index (χ4n) is 0.597. The molecule has 9 heavy (non-hydrogen) atoms. The van der Waals surface area contributed by atoms with Crippen LogP contribution in [0.3, 0.4) is 0 Å². The molecule has 0 unspecified atom stereocenters. The van der Waals surface area contributed by atoms with E-state index in [9.17, 15) is 0 Å². The molecule has 0 aromatic carbocycles. The van der Waals surface area contributed by atoms with Crippen LogP contribution in [0.1, 0.15) is 32.6 Å². The Kier molecular flexibility index (Phi) is 8.91. The van der Waals surface area contributed by atoms with Gasteiger partial charge in [-0.2, -0.15) is 0 Å². The first-order valence-corrected chi connectivity index (χ1v) is 5.15. The lowest BCUT2D eigenvalue weighted by molar-refractivity contribution is 0.931. The highest BCUT2D eigenvalue weighted by atomic mass is 127. The minimum atomic E-state index is 1.25. The molecule has 0 saturated heterocycles. The van der Waals surface area contributed by atoms with E-state index in [2.05, 4.69) is 41.7 Å². The smallest absolute Gasteiger partial charge is 0.000178 e. The molecule has 54 valence electrons. The number of alkyl halides is 1. The first-order valence-electron chi connectivity index (χ1n) is 3.62.